The molecule has 0 saturated heterocycles. The lowest BCUT2D eigenvalue weighted by Crippen LogP contribution is -2.34. The first kappa shape index (κ1) is 16.1. The highest BCUT2D eigenvalue weighted by atomic mass is 79.9. The van der Waals surface area contributed by atoms with E-state index in [0.717, 1.165) is 31.7 Å². The topological polar surface area (TPSA) is 37.4 Å². The molecule has 0 aliphatic carbocycles. The standard InChI is InChI=1S/C16H19BrFNO2/c1-3-5-6-10(4-2)9-19-14-12(15(20)16(19)21)7-11(18)8-13(14)17/h7-8,10H,3-6,9H2,1-2H3. The predicted octanol–water partition coefficient (Wildman–Crippen LogP) is 4.33. The van der Waals surface area contributed by atoms with Crippen LogP contribution in [-0.4, -0.2) is 18.2 Å². The molecule has 1 heterocycles. The summed E-state index contributed by atoms with van der Waals surface area (Å²) in [6.45, 7) is 4.73. The normalized spacial score (nSPS) is 15.5. The molecular weight excluding hydrogens is 337 g/mol. The summed E-state index contributed by atoms with van der Waals surface area (Å²) in [5, 5.41) is 0. The summed E-state index contributed by atoms with van der Waals surface area (Å²) in [6, 6.07) is 2.44. The van der Waals surface area contributed by atoms with E-state index in [0.29, 0.717) is 22.6 Å². The van der Waals surface area contributed by atoms with Crippen LogP contribution in [0.1, 0.15) is 49.9 Å². The SMILES string of the molecule is CCCCC(CC)CN1C(=O)C(=O)c2cc(F)cc(Br)c21. The van der Waals surface area contributed by atoms with Gasteiger partial charge in [-0.2, -0.15) is 0 Å². The number of halogens is 2. The number of nitrogens with zero attached hydrogens (tertiary/aromatic N) is 1. The molecular formula is C16H19BrFNO2. The molecule has 5 heteroatoms. The number of fused-ring (bicyclic) bond motifs is 1. The molecule has 114 valence electrons. The van der Waals surface area contributed by atoms with Crippen LogP contribution >= 0.6 is 15.9 Å². The zero-order chi connectivity index (χ0) is 15.6. The van der Waals surface area contributed by atoms with Crippen molar-refractivity contribution in [3.63, 3.8) is 0 Å². The van der Waals surface area contributed by atoms with Crippen LogP contribution < -0.4 is 4.90 Å². The predicted molar refractivity (Wildman–Crippen MR) is 84.1 cm³/mol. The molecule has 0 fully saturated rings. The van der Waals surface area contributed by atoms with Crippen molar-refractivity contribution >= 4 is 33.3 Å². The second-order valence-electron chi connectivity index (χ2n) is 5.45. The number of rotatable bonds is 6. The summed E-state index contributed by atoms with van der Waals surface area (Å²) in [4.78, 5) is 25.7. The minimum atomic E-state index is -0.615. The Labute approximate surface area is 132 Å². The van der Waals surface area contributed by atoms with Crippen LogP contribution in [0.25, 0.3) is 0 Å². The highest BCUT2D eigenvalue weighted by molar-refractivity contribution is 9.10. The minimum Gasteiger partial charge on any atom is -0.303 e. The smallest absolute Gasteiger partial charge is 0.299 e. The first-order chi connectivity index (χ1) is 9.99. The van der Waals surface area contributed by atoms with Crippen molar-refractivity contribution in [2.24, 2.45) is 5.92 Å². The van der Waals surface area contributed by atoms with Crippen molar-refractivity contribution in [3.05, 3.63) is 28.0 Å². The van der Waals surface area contributed by atoms with Crippen LogP contribution in [-0.2, 0) is 4.79 Å². The van der Waals surface area contributed by atoms with Gasteiger partial charge in [-0.05, 0) is 40.4 Å². The Morgan fingerprint density at radius 1 is 1.29 bits per heavy atom. The number of Topliss-reactive ketones (excluding diaryl/α,β-unsaturated/α-hetero) is 1. The molecule has 0 bridgehead atoms. The van der Waals surface area contributed by atoms with Gasteiger partial charge in [-0.1, -0.05) is 33.1 Å². The molecule has 1 atom stereocenters. The Bertz CT molecular complexity index is 574. The van der Waals surface area contributed by atoms with E-state index >= 15 is 0 Å². The summed E-state index contributed by atoms with van der Waals surface area (Å²) in [5.41, 5.74) is 0.679. The molecule has 0 radical (unpaired) electrons. The molecule has 1 amide bonds. The fraction of sp³-hybridized carbons (Fsp3) is 0.500. The first-order valence-electron chi connectivity index (χ1n) is 7.34. The van der Waals surface area contributed by atoms with Gasteiger partial charge in [-0.25, -0.2) is 4.39 Å². The number of ketones is 1. The Balaban J connectivity index is 2.30. The lowest BCUT2D eigenvalue weighted by atomic mass is 9.98. The van der Waals surface area contributed by atoms with E-state index in [1.807, 2.05) is 0 Å². The largest absolute Gasteiger partial charge is 0.303 e. The van der Waals surface area contributed by atoms with E-state index < -0.39 is 17.5 Å². The molecule has 0 saturated carbocycles. The van der Waals surface area contributed by atoms with Gasteiger partial charge < -0.3 is 4.90 Å². The molecule has 1 aromatic rings. The molecule has 2 rings (SSSR count). The fourth-order valence-electron chi connectivity index (χ4n) is 2.70. The monoisotopic (exact) mass is 355 g/mol. The number of benzene rings is 1. The highest BCUT2D eigenvalue weighted by Gasteiger charge is 2.38. The third kappa shape index (κ3) is 3.18. The van der Waals surface area contributed by atoms with E-state index in [1.54, 1.807) is 0 Å². The average Bonchev–Trinajstić information content (AvgIpc) is 2.68. The molecule has 3 nitrogen and oxygen atoms in total. The van der Waals surface area contributed by atoms with Crippen molar-refractivity contribution in [1.82, 2.24) is 0 Å². The van der Waals surface area contributed by atoms with Gasteiger partial charge in [-0.3, -0.25) is 9.59 Å². The molecule has 0 N–H and O–H groups in total. The van der Waals surface area contributed by atoms with Crippen molar-refractivity contribution in [2.45, 2.75) is 39.5 Å². The number of amides is 1. The van der Waals surface area contributed by atoms with Gasteiger partial charge in [0.2, 0.25) is 0 Å². The van der Waals surface area contributed by atoms with Gasteiger partial charge in [0, 0.05) is 11.0 Å². The summed E-state index contributed by atoms with van der Waals surface area (Å²) in [6.07, 6.45) is 4.19. The molecule has 21 heavy (non-hydrogen) atoms. The van der Waals surface area contributed by atoms with E-state index in [4.69, 9.17) is 0 Å². The van der Waals surface area contributed by atoms with Gasteiger partial charge in [0.25, 0.3) is 11.7 Å². The maximum absolute atomic E-state index is 13.4. The third-order valence-corrected chi connectivity index (χ3v) is 4.57. The lowest BCUT2D eigenvalue weighted by Gasteiger charge is -2.23. The van der Waals surface area contributed by atoms with Crippen molar-refractivity contribution in [1.29, 1.82) is 0 Å². The van der Waals surface area contributed by atoms with Crippen LogP contribution in [0.2, 0.25) is 0 Å². The minimum absolute atomic E-state index is 0.164. The first-order valence-corrected chi connectivity index (χ1v) is 8.14. The lowest BCUT2D eigenvalue weighted by molar-refractivity contribution is -0.114. The van der Waals surface area contributed by atoms with Crippen LogP contribution in [0.5, 0.6) is 0 Å². The maximum Gasteiger partial charge on any atom is 0.299 e. The van der Waals surface area contributed by atoms with Crippen molar-refractivity contribution in [3.8, 4) is 0 Å². The maximum atomic E-state index is 13.4. The summed E-state index contributed by atoms with van der Waals surface area (Å²) < 4.78 is 13.9. The van der Waals surface area contributed by atoms with Gasteiger partial charge in [-0.15, -0.1) is 0 Å². The quantitative estimate of drug-likeness (QED) is 0.712. The van der Waals surface area contributed by atoms with Crippen LogP contribution in [0, 0.1) is 11.7 Å². The van der Waals surface area contributed by atoms with Gasteiger partial charge in [0.05, 0.1) is 11.3 Å². The Morgan fingerprint density at radius 2 is 2.00 bits per heavy atom. The number of hydrogen-bond acceptors (Lipinski definition) is 2. The summed E-state index contributed by atoms with van der Waals surface area (Å²) in [7, 11) is 0. The van der Waals surface area contributed by atoms with Crippen LogP contribution in [0.4, 0.5) is 10.1 Å². The van der Waals surface area contributed by atoms with Gasteiger partial charge >= 0.3 is 0 Å². The highest BCUT2D eigenvalue weighted by Crippen LogP contribution is 2.37. The van der Waals surface area contributed by atoms with E-state index in [9.17, 15) is 14.0 Å². The van der Waals surface area contributed by atoms with Gasteiger partial charge in [0.1, 0.15) is 5.82 Å². The van der Waals surface area contributed by atoms with Crippen molar-refractivity contribution in [2.75, 3.05) is 11.4 Å². The average molecular weight is 356 g/mol. The third-order valence-electron chi connectivity index (χ3n) is 3.97. The Morgan fingerprint density at radius 3 is 2.62 bits per heavy atom. The second kappa shape index (κ2) is 6.69. The molecule has 0 aromatic heterocycles. The number of unbranched alkanes of at least 4 members (excludes halogenated alkanes) is 1. The molecule has 1 aliphatic heterocycles. The van der Waals surface area contributed by atoms with E-state index in [2.05, 4.69) is 29.8 Å². The van der Waals surface area contributed by atoms with Gasteiger partial charge in [0.15, 0.2) is 0 Å². The van der Waals surface area contributed by atoms with Crippen molar-refractivity contribution < 1.29 is 14.0 Å². The van der Waals surface area contributed by atoms with E-state index in [1.165, 1.54) is 11.0 Å². The number of carbonyl (C=O) groups excluding carboxylic acids is 2. The zero-order valence-corrected chi connectivity index (χ0v) is 13.9. The second-order valence-corrected chi connectivity index (χ2v) is 6.30. The molecule has 1 aromatic carbocycles. The molecule has 0 spiro atoms. The fourth-order valence-corrected chi connectivity index (χ4v) is 3.35. The number of hydrogen-bond donors (Lipinski definition) is 0. The van der Waals surface area contributed by atoms with Crippen LogP contribution in [0.3, 0.4) is 0 Å². The molecule has 1 aliphatic rings. The van der Waals surface area contributed by atoms with E-state index in [-0.39, 0.29) is 5.56 Å². The zero-order valence-electron chi connectivity index (χ0n) is 12.3. The number of carbonyl (C=O) groups is 2. The van der Waals surface area contributed by atoms with Crippen LogP contribution in [0.15, 0.2) is 16.6 Å². The number of anilines is 1. The Kier molecular flexibility index (Phi) is 5.14. The molecule has 1 unspecified atom stereocenters. The summed E-state index contributed by atoms with van der Waals surface area (Å²) in [5.74, 6) is -1.33. The Hall–Kier alpha value is -1.23. The summed E-state index contributed by atoms with van der Waals surface area (Å²) >= 11 is 3.27.